The van der Waals surface area contributed by atoms with Crippen LogP contribution in [0.3, 0.4) is 0 Å². The number of benzene rings is 2. The molecule has 8 heteroatoms. The van der Waals surface area contributed by atoms with Crippen LogP contribution in [-0.2, 0) is 9.84 Å². The van der Waals surface area contributed by atoms with Gasteiger partial charge in [0.15, 0.2) is 15.0 Å². The number of thiazole rings is 1. The number of hydrogen-bond acceptors (Lipinski definition) is 6. The van der Waals surface area contributed by atoms with E-state index >= 15 is 0 Å². The quantitative estimate of drug-likeness (QED) is 0.719. The van der Waals surface area contributed by atoms with Gasteiger partial charge in [-0.25, -0.2) is 13.4 Å². The SMILES string of the molecule is CCS(=O)(=O)c1ccc(C(=O)Nc2nc3c(OC)ccc(C)c3s2)cc1. The summed E-state index contributed by atoms with van der Waals surface area (Å²) in [4.78, 5) is 17.1. The molecule has 1 heterocycles. The maximum atomic E-state index is 12.4. The van der Waals surface area contributed by atoms with Gasteiger partial charge < -0.3 is 4.74 Å². The van der Waals surface area contributed by atoms with E-state index in [0.29, 0.717) is 22.0 Å². The van der Waals surface area contributed by atoms with E-state index in [0.717, 1.165) is 10.3 Å². The smallest absolute Gasteiger partial charge is 0.257 e. The van der Waals surface area contributed by atoms with Gasteiger partial charge in [-0.3, -0.25) is 10.1 Å². The lowest BCUT2D eigenvalue weighted by atomic mass is 10.2. The summed E-state index contributed by atoms with van der Waals surface area (Å²) in [5.41, 5.74) is 2.12. The molecule has 3 aromatic rings. The number of carbonyl (C=O) groups is 1. The van der Waals surface area contributed by atoms with E-state index in [2.05, 4.69) is 10.3 Å². The lowest BCUT2D eigenvalue weighted by molar-refractivity contribution is 0.102. The summed E-state index contributed by atoms with van der Waals surface area (Å²) in [5, 5.41) is 3.22. The molecular weight excluding hydrogens is 372 g/mol. The lowest BCUT2D eigenvalue weighted by Crippen LogP contribution is -2.12. The molecule has 0 saturated carbocycles. The molecule has 0 fully saturated rings. The first-order valence-corrected chi connectivity index (χ1v) is 10.4. The van der Waals surface area contributed by atoms with Crippen LogP contribution in [0.25, 0.3) is 10.2 Å². The van der Waals surface area contributed by atoms with Crippen molar-refractivity contribution >= 4 is 42.4 Å². The highest BCUT2D eigenvalue weighted by atomic mass is 32.2. The van der Waals surface area contributed by atoms with E-state index in [-0.39, 0.29) is 16.6 Å². The zero-order chi connectivity index (χ0) is 18.9. The first-order chi connectivity index (χ1) is 12.4. The topological polar surface area (TPSA) is 85.4 Å². The van der Waals surface area contributed by atoms with Gasteiger partial charge in [0.1, 0.15) is 11.3 Å². The third kappa shape index (κ3) is 3.42. The van der Waals surface area contributed by atoms with Gasteiger partial charge in [0.05, 0.1) is 22.5 Å². The summed E-state index contributed by atoms with van der Waals surface area (Å²) in [6.07, 6.45) is 0. The summed E-state index contributed by atoms with van der Waals surface area (Å²) < 4.78 is 30.0. The number of rotatable bonds is 5. The molecule has 0 bridgehead atoms. The molecule has 136 valence electrons. The third-order valence-corrected chi connectivity index (χ3v) is 6.86. The fraction of sp³-hybridized carbons (Fsp3) is 0.222. The van der Waals surface area contributed by atoms with Gasteiger partial charge in [-0.15, -0.1) is 0 Å². The van der Waals surface area contributed by atoms with Crippen molar-refractivity contribution in [1.29, 1.82) is 0 Å². The molecule has 0 aliphatic heterocycles. The van der Waals surface area contributed by atoms with E-state index in [1.807, 2.05) is 19.1 Å². The first kappa shape index (κ1) is 18.3. The molecule has 0 aliphatic carbocycles. The van der Waals surface area contributed by atoms with E-state index in [1.54, 1.807) is 14.0 Å². The van der Waals surface area contributed by atoms with Gasteiger partial charge in [0, 0.05) is 5.56 Å². The average Bonchev–Trinajstić information content (AvgIpc) is 3.06. The van der Waals surface area contributed by atoms with Crippen LogP contribution in [0.5, 0.6) is 5.75 Å². The zero-order valence-corrected chi connectivity index (χ0v) is 16.2. The number of carbonyl (C=O) groups excluding carboxylic acids is 1. The number of nitrogens with one attached hydrogen (secondary N) is 1. The predicted octanol–water partition coefficient (Wildman–Crippen LogP) is 3.66. The van der Waals surface area contributed by atoms with Crippen molar-refractivity contribution in [2.75, 3.05) is 18.2 Å². The van der Waals surface area contributed by atoms with E-state index in [1.165, 1.54) is 35.6 Å². The highest BCUT2D eigenvalue weighted by molar-refractivity contribution is 7.91. The summed E-state index contributed by atoms with van der Waals surface area (Å²) in [6.45, 7) is 3.55. The molecule has 26 heavy (non-hydrogen) atoms. The van der Waals surface area contributed by atoms with Crippen molar-refractivity contribution in [3.63, 3.8) is 0 Å². The number of aryl methyl sites for hydroxylation is 1. The Morgan fingerprint density at radius 2 is 1.88 bits per heavy atom. The zero-order valence-electron chi connectivity index (χ0n) is 14.6. The Bertz CT molecular complexity index is 1070. The summed E-state index contributed by atoms with van der Waals surface area (Å²) in [6, 6.07) is 9.67. The Hall–Kier alpha value is -2.45. The van der Waals surface area contributed by atoms with Gasteiger partial charge in [0.2, 0.25) is 0 Å². The monoisotopic (exact) mass is 390 g/mol. The van der Waals surface area contributed by atoms with Crippen LogP contribution in [0.2, 0.25) is 0 Å². The Labute approximate surface area is 155 Å². The molecule has 0 spiro atoms. The maximum Gasteiger partial charge on any atom is 0.257 e. The standard InChI is InChI=1S/C18H18N2O4S2/c1-4-26(22,23)13-8-6-12(7-9-13)17(21)20-18-19-15-14(24-3)10-5-11(2)16(15)25-18/h5-10H,4H2,1-3H3,(H,19,20,21). The van der Waals surface area contributed by atoms with Crippen molar-refractivity contribution in [2.24, 2.45) is 0 Å². The second kappa shape index (κ2) is 7.05. The Balaban J connectivity index is 1.86. The van der Waals surface area contributed by atoms with Gasteiger partial charge in [-0.05, 0) is 42.8 Å². The number of hydrogen-bond donors (Lipinski definition) is 1. The summed E-state index contributed by atoms with van der Waals surface area (Å²) in [5.74, 6) is 0.323. The minimum atomic E-state index is -3.29. The van der Waals surface area contributed by atoms with Crippen LogP contribution in [-0.4, -0.2) is 32.2 Å². The van der Waals surface area contributed by atoms with Crippen LogP contribution >= 0.6 is 11.3 Å². The fourth-order valence-corrected chi connectivity index (χ4v) is 4.31. The number of ether oxygens (including phenoxy) is 1. The van der Waals surface area contributed by atoms with Gasteiger partial charge in [-0.2, -0.15) is 0 Å². The molecule has 6 nitrogen and oxygen atoms in total. The number of nitrogens with zero attached hydrogens (tertiary/aromatic N) is 1. The highest BCUT2D eigenvalue weighted by Gasteiger charge is 2.16. The fourth-order valence-electron chi connectivity index (χ4n) is 2.48. The van der Waals surface area contributed by atoms with Gasteiger partial charge in [0.25, 0.3) is 5.91 Å². The largest absolute Gasteiger partial charge is 0.494 e. The highest BCUT2D eigenvalue weighted by Crippen LogP contribution is 2.34. The van der Waals surface area contributed by atoms with Crippen molar-refractivity contribution < 1.29 is 17.9 Å². The molecule has 0 aliphatic rings. The van der Waals surface area contributed by atoms with Gasteiger partial charge >= 0.3 is 0 Å². The Morgan fingerprint density at radius 1 is 1.19 bits per heavy atom. The van der Waals surface area contributed by atoms with Crippen molar-refractivity contribution in [2.45, 2.75) is 18.7 Å². The molecule has 2 aromatic carbocycles. The summed E-state index contributed by atoms with van der Waals surface area (Å²) >= 11 is 1.37. The molecule has 1 aromatic heterocycles. The first-order valence-electron chi connectivity index (χ1n) is 7.94. The average molecular weight is 390 g/mol. The molecular formula is C18H18N2O4S2. The molecule has 1 amide bonds. The predicted molar refractivity (Wildman–Crippen MR) is 103 cm³/mol. The molecule has 0 atom stereocenters. The Kier molecular flexibility index (Phi) is 4.97. The second-order valence-electron chi connectivity index (χ2n) is 5.66. The van der Waals surface area contributed by atoms with Crippen LogP contribution in [0, 0.1) is 6.92 Å². The van der Waals surface area contributed by atoms with Crippen LogP contribution in [0.1, 0.15) is 22.8 Å². The second-order valence-corrected chi connectivity index (χ2v) is 8.94. The normalized spacial score (nSPS) is 11.5. The van der Waals surface area contributed by atoms with Gasteiger partial charge in [-0.1, -0.05) is 24.3 Å². The van der Waals surface area contributed by atoms with Crippen LogP contribution in [0.15, 0.2) is 41.3 Å². The maximum absolute atomic E-state index is 12.4. The van der Waals surface area contributed by atoms with E-state index < -0.39 is 9.84 Å². The number of anilines is 1. The van der Waals surface area contributed by atoms with E-state index in [4.69, 9.17) is 4.74 Å². The number of amides is 1. The molecule has 0 radical (unpaired) electrons. The molecule has 0 unspecified atom stereocenters. The van der Waals surface area contributed by atoms with Crippen molar-refractivity contribution in [1.82, 2.24) is 4.98 Å². The van der Waals surface area contributed by atoms with Crippen molar-refractivity contribution in [3.8, 4) is 5.75 Å². The third-order valence-electron chi connectivity index (χ3n) is 4.00. The number of aromatic nitrogens is 1. The lowest BCUT2D eigenvalue weighted by Gasteiger charge is -2.04. The number of fused-ring (bicyclic) bond motifs is 1. The number of methoxy groups -OCH3 is 1. The molecule has 0 saturated heterocycles. The van der Waals surface area contributed by atoms with Crippen molar-refractivity contribution in [3.05, 3.63) is 47.5 Å². The molecule has 1 N–H and O–H groups in total. The minimum absolute atomic E-state index is 0.0193. The number of sulfone groups is 1. The molecule has 3 rings (SSSR count). The Morgan fingerprint density at radius 3 is 2.50 bits per heavy atom. The van der Waals surface area contributed by atoms with Crippen LogP contribution in [0.4, 0.5) is 5.13 Å². The minimum Gasteiger partial charge on any atom is -0.494 e. The summed E-state index contributed by atoms with van der Waals surface area (Å²) in [7, 11) is -1.71. The van der Waals surface area contributed by atoms with Crippen LogP contribution < -0.4 is 10.1 Å². The van der Waals surface area contributed by atoms with E-state index in [9.17, 15) is 13.2 Å².